The number of hydrazone groups is 1. The van der Waals surface area contributed by atoms with Gasteiger partial charge in [0.15, 0.2) is 5.84 Å². The molecule has 0 saturated carbocycles. The van der Waals surface area contributed by atoms with Gasteiger partial charge in [-0.25, -0.2) is 0 Å². The monoisotopic (exact) mass is 237 g/mol. The van der Waals surface area contributed by atoms with Gasteiger partial charge in [0, 0.05) is 0 Å². The number of nitriles is 1. The molecule has 1 aromatic rings. The molecule has 0 radical (unpaired) electrons. The molecule has 0 fully saturated rings. The van der Waals surface area contributed by atoms with Crippen LogP contribution < -0.4 is 11.2 Å². The molecule has 0 atom stereocenters. The standard InChI is InChI=1S/C9H8ClN5O/c10-6-3-5(1-2-8(6)16)14-15-7(4-11)9(12)13/h1-3,14,16H,(H3,12,13)/b15-7+. The quantitative estimate of drug-likeness (QED) is 0.274. The summed E-state index contributed by atoms with van der Waals surface area (Å²) in [5.41, 5.74) is 7.82. The first-order chi connectivity index (χ1) is 7.54. The molecule has 0 saturated heterocycles. The fourth-order valence-corrected chi connectivity index (χ4v) is 1.02. The van der Waals surface area contributed by atoms with Crippen LogP contribution in [0.2, 0.25) is 5.02 Å². The number of phenolic OH excluding ortho intramolecular Hbond substituents is 1. The zero-order valence-electron chi connectivity index (χ0n) is 8.03. The second-order valence-corrected chi connectivity index (χ2v) is 3.17. The number of nitrogens with one attached hydrogen (secondary N) is 2. The molecule has 0 amide bonds. The largest absolute Gasteiger partial charge is 0.506 e. The Morgan fingerprint density at radius 3 is 2.81 bits per heavy atom. The average molecular weight is 238 g/mol. The van der Waals surface area contributed by atoms with Gasteiger partial charge in [0.2, 0.25) is 5.71 Å². The Morgan fingerprint density at radius 2 is 2.31 bits per heavy atom. The third-order valence-electron chi connectivity index (χ3n) is 1.61. The molecular weight excluding hydrogens is 230 g/mol. The number of nitrogens with two attached hydrogens (primary N) is 1. The molecule has 5 N–H and O–H groups in total. The fourth-order valence-electron chi connectivity index (χ4n) is 0.842. The van der Waals surface area contributed by atoms with Crippen LogP contribution in [0.1, 0.15) is 0 Å². The first-order valence-electron chi connectivity index (χ1n) is 4.11. The van der Waals surface area contributed by atoms with E-state index in [-0.39, 0.29) is 16.5 Å². The van der Waals surface area contributed by atoms with E-state index < -0.39 is 5.84 Å². The lowest BCUT2D eigenvalue weighted by atomic mass is 10.3. The molecule has 1 rings (SSSR count). The molecule has 0 bridgehead atoms. The molecule has 82 valence electrons. The molecule has 7 heteroatoms. The van der Waals surface area contributed by atoms with Gasteiger partial charge in [0.05, 0.1) is 10.7 Å². The highest BCUT2D eigenvalue weighted by Crippen LogP contribution is 2.25. The number of rotatable bonds is 3. The lowest BCUT2D eigenvalue weighted by Gasteiger charge is -2.02. The van der Waals surface area contributed by atoms with E-state index in [4.69, 9.17) is 33.1 Å². The number of aromatic hydroxyl groups is 1. The Bertz CT molecular complexity index is 491. The van der Waals surface area contributed by atoms with Crippen molar-refractivity contribution in [1.82, 2.24) is 0 Å². The Morgan fingerprint density at radius 1 is 1.62 bits per heavy atom. The number of amidine groups is 1. The van der Waals surface area contributed by atoms with Gasteiger partial charge in [-0.2, -0.15) is 10.4 Å². The minimum atomic E-state index is -0.431. The van der Waals surface area contributed by atoms with Crippen LogP contribution in [0.5, 0.6) is 5.75 Å². The van der Waals surface area contributed by atoms with Crippen LogP contribution in [0.15, 0.2) is 23.3 Å². The molecule has 16 heavy (non-hydrogen) atoms. The van der Waals surface area contributed by atoms with Gasteiger partial charge < -0.3 is 10.8 Å². The van der Waals surface area contributed by atoms with Crippen molar-refractivity contribution in [3.05, 3.63) is 23.2 Å². The number of hydrogen-bond donors (Lipinski definition) is 4. The Kier molecular flexibility index (Phi) is 3.69. The molecule has 0 unspecified atom stereocenters. The minimum Gasteiger partial charge on any atom is -0.506 e. The number of anilines is 1. The first kappa shape index (κ1) is 11.8. The van der Waals surface area contributed by atoms with Crippen molar-refractivity contribution < 1.29 is 5.11 Å². The molecular formula is C9H8ClN5O. The van der Waals surface area contributed by atoms with Gasteiger partial charge in [-0.3, -0.25) is 10.8 Å². The fraction of sp³-hybridized carbons (Fsp3) is 0. The highest BCUT2D eigenvalue weighted by atomic mass is 35.5. The van der Waals surface area contributed by atoms with Crippen molar-refractivity contribution in [2.45, 2.75) is 0 Å². The van der Waals surface area contributed by atoms with Crippen LogP contribution >= 0.6 is 11.6 Å². The molecule has 0 aromatic heterocycles. The van der Waals surface area contributed by atoms with E-state index in [2.05, 4.69) is 10.5 Å². The third-order valence-corrected chi connectivity index (χ3v) is 1.91. The molecule has 1 aromatic carbocycles. The van der Waals surface area contributed by atoms with Gasteiger partial charge in [-0.1, -0.05) is 11.6 Å². The van der Waals surface area contributed by atoms with E-state index in [1.54, 1.807) is 6.07 Å². The van der Waals surface area contributed by atoms with Crippen LogP contribution in [0.4, 0.5) is 5.69 Å². The maximum absolute atomic E-state index is 9.15. The highest BCUT2D eigenvalue weighted by molar-refractivity contribution is 6.45. The lowest BCUT2D eigenvalue weighted by Crippen LogP contribution is -2.21. The summed E-state index contributed by atoms with van der Waals surface area (Å²) in [7, 11) is 0. The maximum atomic E-state index is 9.15. The first-order valence-corrected chi connectivity index (χ1v) is 4.49. The minimum absolute atomic E-state index is 0.0525. The van der Waals surface area contributed by atoms with E-state index in [0.29, 0.717) is 5.69 Å². The van der Waals surface area contributed by atoms with Gasteiger partial charge >= 0.3 is 0 Å². The summed E-state index contributed by atoms with van der Waals surface area (Å²) in [6, 6.07) is 5.97. The summed E-state index contributed by atoms with van der Waals surface area (Å²) in [5.74, 6) is -0.483. The Balaban J connectivity index is 2.86. The van der Waals surface area contributed by atoms with Crippen LogP contribution in [-0.2, 0) is 0 Å². The number of benzene rings is 1. The lowest BCUT2D eigenvalue weighted by molar-refractivity contribution is 0.475. The summed E-state index contributed by atoms with van der Waals surface area (Å²) >= 11 is 5.66. The summed E-state index contributed by atoms with van der Waals surface area (Å²) < 4.78 is 0. The number of nitrogens with zero attached hydrogens (tertiary/aromatic N) is 2. The van der Waals surface area contributed by atoms with Gasteiger partial charge in [-0.15, -0.1) is 0 Å². The molecule has 0 aliphatic carbocycles. The molecule has 0 spiro atoms. The van der Waals surface area contributed by atoms with Crippen molar-refractivity contribution >= 4 is 28.8 Å². The van der Waals surface area contributed by atoms with Gasteiger partial charge in [0.1, 0.15) is 11.8 Å². The molecule has 0 aliphatic rings. The van der Waals surface area contributed by atoms with Crippen LogP contribution in [-0.4, -0.2) is 16.7 Å². The van der Waals surface area contributed by atoms with Crippen molar-refractivity contribution in [2.75, 3.05) is 5.43 Å². The summed E-state index contributed by atoms with van der Waals surface area (Å²) in [4.78, 5) is 0. The average Bonchev–Trinajstić information content (AvgIpc) is 2.23. The summed E-state index contributed by atoms with van der Waals surface area (Å²) in [6.45, 7) is 0. The van der Waals surface area contributed by atoms with Crippen molar-refractivity contribution in [2.24, 2.45) is 10.8 Å². The van der Waals surface area contributed by atoms with Crippen LogP contribution in [0, 0.1) is 16.7 Å². The zero-order valence-corrected chi connectivity index (χ0v) is 8.78. The van der Waals surface area contributed by atoms with E-state index in [0.717, 1.165) is 0 Å². The summed E-state index contributed by atoms with van der Waals surface area (Å²) in [6.07, 6.45) is 0. The van der Waals surface area contributed by atoms with Crippen molar-refractivity contribution in [1.29, 1.82) is 10.7 Å². The maximum Gasteiger partial charge on any atom is 0.201 e. The van der Waals surface area contributed by atoms with Crippen LogP contribution in [0.25, 0.3) is 0 Å². The third kappa shape index (κ3) is 2.87. The van der Waals surface area contributed by atoms with Crippen LogP contribution in [0.3, 0.4) is 0 Å². The van der Waals surface area contributed by atoms with Gasteiger partial charge in [-0.05, 0) is 18.2 Å². The van der Waals surface area contributed by atoms with E-state index in [1.807, 2.05) is 0 Å². The topological polar surface area (TPSA) is 118 Å². The smallest absolute Gasteiger partial charge is 0.201 e. The van der Waals surface area contributed by atoms with E-state index in [9.17, 15) is 0 Å². The second kappa shape index (κ2) is 5.00. The Hall–Kier alpha value is -2.26. The van der Waals surface area contributed by atoms with Crippen molar-refractivity contribution in [3.8, 4) is 11.8 Å². The normalized spacial score (nSPS) is 10.6. The second-order valence-electron chi connectivity index (χ2n) is 2.76. The highest BCUT2D eigenvalue weighted by Gasteiger charge is 2.02. The van der Waals surface area contributed by atoms with Crippen molar-refractivity contribution in [3.63, 3.8) is 0 Å². The molecule has 0 aliphatic heterocycles. The number of halogens is 1. The molecule has 0 heterocycles. The number of hydrogen-bond acceptors (Lipinski definition) is 5. The SMILES string of the molecule is N#C/C(=N\Nc1ccc(O)c(Cl)c1)C(=N)N. The predicted octanol–water partition coefficient (Wildman–Crippen LogP) is 1.27. The van der Waals surface area contributed by atoms with E-state index in [1.165, 1.54) is 18.2 Å². The number of phenols is 1. The Labute approximate surface area is 96.5 Å². The zero-order chi connectivity index (χ0) is 12.1. The molecule has 6 nitrogen and oxygen atoms in total. The predicted molar refractivity (Wildman–Crippen MR) is 61.7 cm³/mol. The van der Waals surface area contributed by atoms with E-state index >= 15 is 0 Å². The summed E-state index contributed by atoms with van der Waals surface area (Å²) in [5, 5.41) is 28.5. The van der Waals surface area contributed by atoms with Gasteiger partial charge in [0.25, 0.3) is 0 Å².